The summed E-state index contributed by atoms with van der Waals surface area (Å²) >= 11 is 0. The number of nitrogens with one attached hydrogen (secondary N) is 1. The van der Waals surface area contributed by atoms with E-state index in [1.807, 2.05) is 0 Å². The molecule has 4 aliphatic rings. The molecular weight excluding hydrogens is 726 g/mol. The number of hydrogen-bond acceptors (Lipinski definition) is 21. The van der Waals surface area contributed by atoms with Gasteiger partial charge in [-0.3, -0.25) is 0 Å². The van der Waals surface area contributed by atoms with Crippen molar-refractivity contribution in [1.29, 1.82) is 5.41 Å². The fraction of sp³-hybridized carbons (Fsp3) is 0.931. The Morgan fingerprint density at radius 1 is 0.712 bits per heavy atom. The molecule has 20 atom stereocenters. The molecule has 4 heterocycles. The number of rotatable bonds is 15. The molecule has 0 aromatic carbocycles. The van der Waals surface area contributed by atoms with Crippen LogP contribution in [0, 0.1) is 23.2 Å². The predicted molar refractivity (Wildman–Crippen MR) is 170 cm³/mol. The van der Waals surface area contributed by atoms with Gasteiger partial charge in [0.25, 0.3) is 0 Å². The molecule has 302 valence electrons. The average molecular weight is 778 g/mol. The van der Waals surface area contributed by atoms with Crippen LogP contribution < -0.4 is 5.73 Å². The molecule has 0 radical (unpaired) electrons. The van der Waals surface area contributed by atoms with Gasteiger partial charge in [-0.2, -0.15) is 12.8 Å². The van der Waals surface area contributed by atoms with Gasteiger partial charge in [0.15, 0.2) is 25.2 Å². The van der Waals surface area contributed by atoms with Crippen molar-refractivity contribution in [1.82, 2.24) is 0 Å². The summed E-state index contributed by atoms with van der Waals surface area (Å²) in [5.74, 6) is -3.05. The second-order valence-electron chi connectivity index (χ2n) is 13.2. The number of nitrogens with two attached hydrogens (primary N) is 1. The van der Waals surface area contributed by atoms with Crippen LogP contribution in [0.4, 0.5) is 0 Å². The standard InChI is InChI=1S/C29H51N3O19S/c1-10-18(36)25(16(45-26(10)41)9-44-52(42,43)32-3)50-28-12(4-5-30)20(38)24(15(8-35)48-28)49-27-11(2)19(37)23(14(7-34)47-27)51-29-17(31)22(40)21(39)13(6-33)46-29/h5,10-30,33-41H,3-4,6-9,31H2,1-2H3/t10-,11-,12-,13-,14-,15-,16-,17-,18-,19-,20-,21-,22-,23-,24-,25-,26-,27+,28+,29+/m1/s1. The highest BCUT2D eigenvalue weighted by Crippen LogP contribution is 2.38. The summed E-state index contributed by atoms with van der Waals surface area (Å²) in [7, 11) is -4.45. The molecule has 4 saturated heterocycles. The molecule has 0 spiro atoms. The second kappa shape index (κ2) is 18.5. The summed E-state index contributed by atoms with van der Waals surface area (Å²) in [6, 6.07) is -1.32. The largest absolute Gasteiger partial charge is 0.394 e. The van der Waals surface area contributed by atoms with Crippen LogP contribution in [0.1, 0.15) is 20.3 Å². The molecule has 0 aromatic rings. The van der Waals surface area contributed by atoms with Crippen LogP contribution in [-0.4, -0.2) is 198 Å². The highest BCUT2D eigenvalue weighted by atomic mass is 32.2. The Morgan fingerprint density at radius 3 is 1.79 bits per heavy atom. The first-order chi connectivity index (χ1) is 24.5. The fourth-order valence-corrected chi connectivity index (χ4v) is 6.97. The molecule has 52 heavy (non-hydrogen) atoms. The summed E-state index contributed by atoms with van der Waals surface area (Å²) in [6.45, 7) is 2.86. The maximum Gasteiger partial charge on any atom is 0.380 e. The van der Waals surface area contributed by atoms with Gasteiger partial charge in [0.1, 0.15) is 54.9 Å². The lowest BCUT2D eigenvalue weighted by molar-refractivity contribution is -0.373. The van der Waals surface area contributed by atoms with Crippen LogP contribution >= 0.6 is 0 Å². The van der Waals surface area contributed by atoms with E-state index >= 15 is 0 Å². The van der Waals surface area contributed by atoms with Gasteiger partial charge in [-0.1, -0.05) is 13.8 Å². The van der Waals surface area contributed by atoms with Gasteiger partial charge in [0.2, 0.25) is 0 Å². The van der Waals surface area contributed by atoms with Crippen LogP contribution in [0.2, 0.25) is 0 Å². The van der Waals surface area contributed by atoms with Gasteiger partial charge in [0.05, 0.1) is 50.8 Å². The molecule has 4 fully saturated rings. The number of aliphatic hydroxyl groups is 9. The van der Waals surface area contributed by atoms with Crippen molar-refractivity contribution in [2.75, 3.05) is 26.4 Å². The lowest BCUT2D eigenvalue weighted by atomic mass is 9.87. The van der Waals surface area contributed by atoms with Crippen LogP contribution in [0.15, 0.2) is 4.40 Å². The minimum atomic E-state index is -4.45. The summed E-state index contributed by atoms with van der Waals surface area (Å²) in [5, 5.41) is 102. The van der Waals surface area contributed by atoms with Crippen molar-refractivity contribution in [3.8, 4) is 0 Å². The van der Waals surface area contributed by atoms with Gasteiger partial charge >= 0.3 is 10.3 Å². The van der Waals surface area contributed by atoms with Gasteiger partial charge < -0.3 is 90.3 Å². The summed E-state index contributed by atoms with van der Waals surface area (Å²) < 4.78 is 72.0. The van der Waals surface area contributed by atoms with E-state index in [2.05, 4.69) is 11.1 Å². The zero-order chi connectivity index (χ0) is 38.7. The van der Waals surface area contributed by atoms with Crippen molar-refractivity contribution in [2.24, 2.45) is 27.9 Å². The maximum absolute atomic E-state index is 11.8. The summed E-state index contributed by atoms with van der Waals surface area (Å²) in [4.78, 5) is 0. The molecule has 12 N–H and O–H groups in total. The van der Waals surface area contributed by atoms with Crippen molar-refractivity contribution in [2.45, 2.75) is 125 Å². The zero-order valence-corrected chi connectivity index (χ0v) is 29.2. The van der Waals surface area contributed by atoms with E-state index in [0.717, 1.165) is 6.21 Å². The molecule has 4 aliphatic heterocycles. The number of ether oxygens (including phenoxy) is 7. The van der Waals surface area contributed by atoms with Crippen molar-refractivity contribution in [3.05, 3.63) is 0 Å². The molecule has 0 amide bonds. The van der Waals surface area contributed by atoms with Crippen LogP contribution in [-0.2, 0) is 47.6 Å². The molecule has 0 aliphatic carbocycles. The van der Waals surface area contributed by atoms with Crippen LogP contribution in [0.3, 0.4) is 0 Å². The first-order valence-electron chi connectivity index (χ1n) is 16.6. The Kier molecular flexibility index (Phi) is 15.4. The molecule has 23 heteroatoms. The van der Waals surface area contributed by atoms with E-state index in [1.165, 1.54) is 13.8 Å². The van der Waals surface area contributed by atoms with Crippen LogP contribution in [0.25, 0.3) is 0 Å². The molecule has 0 bridgehead atoms. The Morgan fingerprint density at radius 2 is 1.21 bits per heavy atom. The second-order valence-corrected chi connectivity index (χ2v) is 14.6. The van der Waals surface area contributed by atoms with Crippen molar-refractivity contribution in [3.63, 3.8) is 0 Å². The molecular formula is C29H51N3O19S. The highest BCUT2D eigenvalue weighted by Gasteiger charge is 2.54. The fourth-order valence-electron chi connectivity index (χ4n) is 6.59. The smallest absolute Gasteiger partial charge is 0.380 e. The maximum atomic E-state index is 11.8. The van der Waals surface area contributed by atoms with E-state index in [-0.39, 0.29) is 6.42 Å². The van der Waals surface area contributed by atoms with Gasteiger partial charge in [-0.25, -0.2) is 4.18 Å². The first-order valence-corrected chi connectivity index (χ1v) is 18.0. The number of hydrogen-bond donors (Lipinski definition) is 11. The van der Waals surface area contributed by atoms with Crippen molar-refractivity contribution >= 4 is 23.2 Å². The monoisotopic (exact) mass is 777 g/mol. The van der Waals surface area contributed by atoms with E-state index in [0.29, 0.717) is 0 Å². The van der Waals surface area contributed by atoms with Crippen molar-refractivity contribution < 1.29 is 91.7 Å². The topological polar surface area (TPSA) is 352 Å². The third-order valence-corrected chi connectivity index (χ3v) is 10.6. The lowest BCUT2D eigenvalue weighted by Gasteiger charge is -2.50. The Labute approximate surface area is 299 Å². The zero-order valence-electron chi connectivity index (χ0n) is 28.4. The van der Waals surface area contributed by atoms with Gasteiger partial charge in [-0.15, -0.1) is 0 Å². The van der Waals surface area contributed by atoms with Crippen LogP contribution in [0.5, 0.6) is 0 Å². The average Bonchev–Trinajstić information content (AvgIpc) is 3.12. The lowest BCUT2D eigenvalue weighted by Crippen LogP contribution is -2.66. The number of aliphatic hydroxyl groups excluding tert-OH is 9. The molecule has 0 unspecified atom stereocenters. The van der Waals surface area contributed by atoms with Gasteiger partial charge in [0, 0.05) is 24.5 Å². The Hall–Kier alpha value is -1.43. The molecule has 22 nitrogen and oxygen atoms in total. The molecule has 0 aromatic heterocycles. The van der Waals surface area contributed by atoms with E-state index < -0.39 is 159 Å². The third kappa shape index (κ3) is 9.32. The SMILES string of the molecule is C=NS(=O)(=O)OC[C@H]1O[C@@H](O)[C@H](C)[C@@H](O)[C@@H]1O[C@@H]1O[C@H](CO)[C@@H](O[C@@H]2O[C@H](CO)[C@@H](O[C@@H]3O[C@H](CO)[C@@H](O)[C@H](O)[C@H]3N)[C@H](O)[C@H]2C)[C@H](O)[C@H]1CC=N. The van der Waals surface area contributed by atoms with Gasteiger partial charge in [-0.05, 0) is 12.6 Å². The first kappa shape index (κ1) is 43.3. The highest BCUT2D eigenvalue weighted by molar-refractivity contribution is 7.85. The number of nitrogens with zero attached hydrogens (tertiary/aromatic N) is 1. The molecule has 4 rings (SSSR count). The molecule has 0 saturated carbocycles. The quantitative estimate of drug-likeness (QED) is 0.0689. The summed E-state index contributed by atoms with van der Waals surface area (Å²) in [6.07, 6.45) is -22.2. The predicted octanol–water partition coefficient (Wildman–Crippen LogP) is -5.97. The summed E-state index contributed by atoms with van der Waals surface area (Å²) in [5.41, 5.74) is 5.97. The van der Waals surface area contributed by atoms with E-state index in [9.17, 15) is 54.4 Å². The normalized spacial score (nSPS) is 47.5. The van der Waals surface area contributed by atoms with E-state index in [1.54, 1.807) is 0 Å². The Bertz CT molecular complexity index is 1270. The van der Waals surface area contributed by atoms with E-state index in [4.69, 9.17) is 48.5 Å². The third-order valence-electron chi connectivity index (χ3n) is 9.88. The minimum Gasteiger partial charge on any atom is -0.394 e. The minimum absolute atomic E-state index is 0.197. The Balaban J connectivity index is 1.50.